The fourth-order valence-electron chi connectivity index (χ4n) is 4.17. The van der Waals surface area contributed by atoms with E-state index in [1.165, 1.54) is 0 Å². The minimum Gasteiger partial charge on any atom is -0.341 e. The Balaban J connectivity index is 1.72. The highest BCUT2D eigenvalue weighted by Gasteiger charge is 2.38. The van der Waals surface area contributed by atoms with Crippen molar-refractivity contribution in [3.05, 3.63) is 45.7 Å². The maximum absolute atomic E-state index is 12.4. The molecule has 2 aromatic heterocycles. The standard InChI is InChI=1S/C18H20N2O4S2/c1-26(23,24)11-17(22)19-8-12-7-13(10-19)18-14(15-3-2-6-25-15)4-5-16(21)20(18)9-12/h2-6,12-13H,7-11H2,1H3/t12-,13+/m0/s1. The number of hydrogen-bond acceptors (Lipinski definition) is 5. The van der Waals surface area contributed by atoms with E-state index in [-0.39, 0.29) is 23.3 Å². The summed E-state index contributed by atoms with van der Waals surface area (Å²) >= 11 is 1.63. The van der Waals surface area contributed by atoms with E-state index in [0.717, 1.165) is 28.8 Å². The van der Waals surface area contributed by atoms with Crippen molar-refractivity contribution in [3.63, 3.8) is 0 Å². The first-order valence-electron chi connectivity index (χ1n) is 8.55. The maximum atomic E-state index is 12.4. The van der Waals surface area contributed by atoms with E-state index in [1.54, 1.807) is 22.3 Å². The molecule has 2 aromatic rings. The molecule has 1 fully saturated rings. The highest BCUT2D eigenvalue weighted by Crippen LogP contribution is 2.40. The van der Waals surface area contributed by atoms with Gasteiger partial charge in [-0.1, -0.05) is 6.07 Å². The molecule has 0 aliphatic carbocycles. The van der Waals surface area contributed by atoms with Crippen LogP contribution < -0.4 is 5.56 Å². The molecular formula is C18H20N2O4S2. The summed E-state index contributed by atoms with van der Waals surface area (Å²) in [4.78, 5) is 27.6. The van der Waals surface area contributed by atoms with E-state index >= 15 is 0 Å². The summed E-state index contributed by atoms with van der Waals surface area (Å²) in [6.07, 6.45) is 2.00. The third kappa shape index (κ3) is 3.23. The lowest BCUT2D eigenvalue weighted by Gasteiger charge is -2.43. The highest BCUT2D eigenvalue weighted by molar-refractivity contribution is 7.91. The number of pyridine rings is 1. The lowest BCUT2D eigenvalue weighted by molar-refractivity contribution is -0.131. The predicted octanol–water partition coefficient (Wildman–Crippen LogP) is 1.57. The van der Waals surface area contributed by atoms with Crippen molar-refractivity contribution < 1.29 is 13.2 Å². The van der Waals surface area contributed by atoms with Gasteiger partial charge in [0.05, 0.1) is 0 Å². The molecule has 1 amide bonds. The minimum atomic E-state index is -3.35. The lowest BCUT2D eigenvalue weighted by atomic mass is 9.81. The number of carbonyl (C=O) groups excluding carboxylic acids is 1. The van der Waals surface area contributed by atoms with Crippen LogP contribution in [0.1, 0.15) is 18.0 Å². The average molecular weight is 393 g/mol. The number of hydrogen-bond donors (Lipinski definition) is 0. The van der Waals surface area contributed by atoms with Crippen molar-refractivity contribution in [1.29, 1.82) is 0 Å². The van der Waals surface area contributed by atoms with E-state index in [1.807, 2.05) is 28.1 Å². The molecule has 0 saturated carbocycles. The van der Waals surface area contributed by atoms with Gasteiger partial charge < -0.3 is 9.47 Å². The molecule has 1 saturated heterocycles. The Morgan fingerprint density at radius 3 is 2.73 bits per heavy atom. The Bertz CT molecular complexity index is 1010. The summed E-state index contributed by atoms with van der Waals surface area (Å²) in [7, 11) is -3.35. The third-order valence-corrected chi connectivity index (χ3v) is 6.79. The van der Waals surface area contributed by atoms with Crippen LogP contribution in [0.2, 0.25) is 0 Å². The van der Waals surface area contributed by atoms with E-state index in [9.17, 15) is 18.0 Å². The number of amides is 1. The van der Waals surface area contributed by atoms with Crippen molar-refractivity contribution in [3.8, 4) is 10.4 Å². The summed E-state index contributed by atoms with van der Waals surface area (Å²) in [5.41, 5.74) is 2.01. The predicted molar refractivity (Wildman–Crippen MR) is 101 cm³/mol. The Morgan fingerprint density at radius 1 is 1.23 bits per heavy atom. The number of aromatic nitrogens is 1. The van der Waals surface area contributed by atoms with Crippen molar-refractivity contribution in [2.75, 3.05) is 25.1 Å². The van der Waals surface area contributed by atoms with E-state index in [0.29, 0.717) is 19.6 Å². The Kier molecular flexibility index (Phi) is 4.27. The molecule has 2 aliphatic rings. The van der Waals surface area contributed by atoms with Crippen LogP contribution in [0.4, 0.5) is 0 Å². The molecule has 6 nitrogen and oxygen atoms in total. The van der Waals surface area contributed by atoms with Crippen molar-refractivity contribution >= 4 is 27.1 Å². The van der Waals surface area contributed by atoms with Gasteiger partial charge in [0.25, 0.3) is 5.56 Å². The molecule has 26 heavy (non-hydrogen) atoms. The molecule has 0 spiro atoms. The van der Waals surface area contributed by atoms with Crippen molar-refractivity contribution in [1.82, 2.24) is 9.47 Å². The summed E-state index contributed by atoms with van der Waals surface area (Å²) in [6, 6.07) is 7.51. The van der Waals surface area contributed by atoms with Crippen LogP contribution in [-0.4, -0.2) is 48.9 Å². The third-order valence-electron chi connectivity index (χ3n) is 5.12. The second kappa shape index (κ2) is 6.35. The van der Waals surface area contributed by atoms with E-state index in [4.69, 9.17) is 0 Å². The summed E-state index contributed by atoms with van der Waals surface area (Å²) in [5.74, 6) is -0.559. The Morgan fingerprint density at radius 2 is 2.04 bits per heavy atom. The van der Waals surface area contributed by atoms with Gasteiger partial charge in [-0.05, 0) is 29.9 Å². The van der Waals surface area contributed by atoms with Crippen LogP contribution in [0.25, 0.3) is 10.4 Å². The van der Waals surface area contributed by atoms with Crippen LogP contribution in [0.3, 0.4) is 0 Å². The molecule has 2 aliphatic heterocycles. The number of fused-ring (bicyclic) bond motifs is 4. The zero-order valence-electron chi connectivity index (χ0n) is 14.4. The highest BCUT2D eigenvalue weighted by atomic mass is 32.2. The van der Waals surface area contributed by atoms with Gasteiger partial charge in [-0.2, -0.15) is 0 Å². The number of thiophene rings is 1. The summed E-state index contributed by atoms with van der Waals surface area (Å²) in [6.45, 7) is 1.55. The summed E-state index contributed by atoms with van der Waals surface area (Å²) in [5, 5.41) is 2.01. The van der Waals surface area contributed by atoms with Crippen molar-refractivity contribution in [2.24, 2.45) is 5.92 Å². The largest absolute Gasteiger partial charge is 0.341 e. The number of rotatable bonds is 3. The van der Waals surface area contributed by atoms with Crippen LogP contribution in [0, 0.1) is 5.92 Å². The number of sulfone groups is 1. The first kappa shape index (κ1) is 17.5. The van der Waals surface area contributed by atoms with Crippen molar-refractivity contribution in [2.45, 2.75) is 18.9 Å². The van der Waals surface area contributed by atoms with Gasteiger partial charge in [-0.15, -0.1) is 11.3 Å². The smallest absolute Gasteiger partial charge is 0.250 e. The van der Waals surface area contributed by atoms with Gasteiger partial charge in [0.2, 0.25) is 5.91 Å². The number of nitrogens with zero attached hydrogens (tertiary/aromatic N) is 2. The average Bonchev–Trinajstić information content (AvgIpc) is 3.08. The molecule has 0 radical (unpaired) electrons. The van der Waals surface area contributed by atoms with Gasteiger partial charge in [0.15, 0.2) is 9.84 Å². The van der Waals surface area contributed by atoms with E-state index < -0.39 is 15.6 Å². The van der Waals surface area contributed by atoms with Crippen LogP contribution in [-0.2, 0) is 21.2 Å². The maximum Gasteiger partial charge on any atom is 0.250 e. The zero-order chi connectivity index (χ0) is 18.5. The van der Waals surface area contributed by atoms with Crippen LogP contribution >= 0.6 is 11.3 Å². The molecule has 4 heterocycles. The molecule has 0 N–H and O–H groups in total. The molecule has 0 unspecified atom stereocenters. The first-order chi connectivity index (χ1) is 12.3. The molecular weight excluding hydrogens is 372 g/mol. The lowest BCUT2D eigenvalue weighted by Crippen LogP contribution is -2.50. The molecule has 0 aromatic carbocycles. The molecule has 2 bridgehead atoms. The van der Waals surface area contributed by atoms with Gasteiger partial charge in [0.1, 0.15) is 5.75 Å². The van der Waals surface area contributed by atoms with Gasteiger partial charge in [0, 0.05) is 54.0 Å². The SMILES string of the molecule is CS(=O)(=O)CC(=O)N1C[C@@H]2C[C@H](C1)c1c(-c3cccs3)ccc(=O)n1C2. The molecule has 4 rings (SSSR count). The summed E-state index contributed by atoms with van der Waals surface area (Å²) < 4.78 is 24.8. The Hall–Kier alpha value is -1.93. The van der Waals surface area contributed by atoms with Crippen LogP contribution in [0.5, 0.6) is 0 Å². The second-order valence-corrected chi connectivity index (χ2v) is 10.3. The van der Waals surface area contributed by atoms with Crippen LogP contribution in [0.15, 0.2) is 34.4 Å². The number of likely N-dealkylation sites (tertiary alicyclic amines) is 1. The van der Waals surface area contributed by atoms with Gasteiger partial charge >= 0.3 is 0 Å². The molecule has 8 heteroatoms. The second-order valence-electron chi connectivity index (χ2n) is 7.23. The monoisotopic (exact) mass is 392 g/mol. The molecule has 138 valence electrons. The normalized spacial score (nSPS) is 22.1. The zero-order valence-corrected chi connectivity index (χ0v) is 16.1. The van der Waals surface area contributed by atoms with E-state index in [2.05, 4.69) is 0 Å². The van der Waals surface area contributed by atoms with Gasteiger partial charge in [-0.3, -0.25) is 9.59 Å². The first-order valence-corrected chi connectivity index (χ1v) is 11.5. The fraction of sp³-hybridized carbons (Fsp3) is 0.444. The Labute approximate surface area is 156 Å². The topological polar surface area (TPSA) is 76.5 Å². The quantitative estimate of drug-likeness (QED) is 0.794. The number of carbonyl (C=O) groups is 1. The fourth-order valence-corrected chi connectivity index (χ4v) is 5.57. The molecule has 2 atom stereocenters. The minimum absolute atomic E-state index is 0.00841. The number of piperidine rings is 1. The van der Waals surface area contributed by atoms with Gasteiger partial charge in [-0.25, -0.2) is 8.42 Å².